The minimum Gasteiger partial charge on any atom is -0.337 e. The number of halogens is 1. The fraction of sp³-hybridized carbons (Fsp3) is 0. The summed E-state index contributed by atoms with van der Waals surface area (Å²) in [6, 6.07) is 0. The van der Waals surface area contributed by atoms with E-state index < -0.39 is 0 Å². The van der Waals surface area contributed by atoms with Gasteiger partial charge in [0.15, 0.2) is 5.82 Å². The molecule has 40 valence electrons. The van der Waals surface area contributed by atoms with Crippen LogP contribution in [0.25, 0.3) is 0 Å². The van der Waals surface area contributed by atoms with E-state index in [-0.39, 0.29) is 0 Å². The van der Waals surface area contributed by atoms with E-state index in [1.807, 2.05) is 0 Å². The highest BCUT2D eigenvalue weighted by molar-refractivity contribution is 9.10. The van der Waals surface area contributed by atoms with Crippen molar-refractivity contribution in [2.45, 2.75) is 0 Å². The third kappa shape index (κ3) is 0.903. The molecule has 1 N–H and O–H groups in total. The highest BCUT2D eigenvalue weighted by Gasteiger charge is 1.89. The Kier molecular flexibility index (Phi) is 1.36. The van der Waals surface area contributed by atoms with Crippen molar-refractivity contribution in [2.75, 3.05) is 0 Å². The summed E-state index contributed by atoms with van der Waals surface area (Å²) in [6.45, 7) is 0. The molecule has 0 saturated carbocycles. The van der Waals surface area contributed by atoms with Crippen LogP contribution in [0, 0.1) is 12.3 Å². The number of aromatic nitrogens is 2. The van der Waals surface area contributed by atoms with Gasteiger partial charge in [0, 0.05) is 6.20 Å². The van der Waals surface area contributed by atoms with Crippen molar-refractivity contribution in [2.24, 2.45) is 0 Å². The van der Waals surface area contributed by atoms with E-state index in [1.54, 1.807) is 6.20 Å². The average Bonchev–Trinajstić information content (AvgIpc) is 2.14. The maximum atomic E-state index is 5.00. The van der Waals surface area contributed by atoms with Crippen molar-refractivity contribution in [3.63, 3.8) is 0 Å². The van der Waals surface area contributed by atoms with Gasteiger partial charge in [-0.15, -0.1) is 6.42 Å². The lowest BCUT2D eigenvalue weighted by Crippen LogP contribution is -1.71. The molecule has 0 bridgehead atoms. The Hall–Kier alpha value is -0.750. The van der Waals surface area contributed by atoms with Crippen LogP contribution in [0.3, 0.4) is 0 Å². The SMILES string of the molecule is C#Cc1nc(Br)c[nH]1. The Labute approximate surface area is 55.5 Å². The minimum absolute atomic E-state index is 0.553. The second-order valence-electron chi connectivity index (χ2n) is 1.22. The zero-order valence-electron chi connectivity index (χ0n) is 3.98. The molecule has 0 aliphatic rings. The number of H-pyrrole nitrogens is 1. The zero-order valence-corrected chi connectivity index (χ0v) is 5.57. The van der Waals surface area contributed by atoms with Gasteiger partial charge < -0.3 is 4.98 Å². The van der Waals surface area contributed by atoms with Crippen molar-refractivity contribution in [1.82, 2.24) is 9.97 Å². The summed E-state index contributed by atoms with van der Waals surface area (Å²) in [5.41, 5.74) is 0. The molecule has 1 aromatic heterocycles. The molecule has 0 atom stereocenters. The Morgan fingerprint density at radius 3 is 2.88 bits per heavy atom. The molecule has 0 aliphatic heterocycles. The van der Waals surface area contributed by atoms with Gasteiger partial charge in [0.1, 0.15) is 4.60 Å². The normalized spacial score (nSPS) is 8.50. The van der Waals surface area contributed by atoms with Gasteiger partial charge in [-0.25, -0.2) is 4.98 Å². The molecule has 1 rings (SSSR count). The molecule has 0 spiro atoms. The molecular weight excluding hydrogens is 168 g/mol. The van der Waals surface area contributed by atoms with E-state index in [2.05, 4.69) is 31.8 Å². The summed E-state index contributed by atoms with van der Waals surface area (Å²) in [7, 11) is 0. The second-order valence-corrected chi connectivity index (χ2v) is 2.03. The molecule has 0 aliphatic carbocycles. The average molecular weight is 171 g/mol. The molecule has 0 radical (unpaired) electrons. The fourth-order valence-electron chi connectivity index (χ4n) is 0.373. The highest BCUT2D eigenvalue weighted by Crippen LogP contribution is 2.02. The van der Waals surface area contributed by atoms with Crippen molar-refractivity contribution in [3.8, 4) is 12.3 Å². The van der Waals surface area contributed by atoms with Crippen LogP contribution in [0.15, 0.2) is 10.8 Å². The van der Waals surface area contributed by atoms with Crippen molar-refractivity contribution in [3.05, 3.63) is 16.6 Å². The number of nitrogens with zero attached hydrogens (tertiary/aromatic N) is 1. The van der Waals surface area contributed by atoms with Crippen LogP contribution in [-0.2, 0) is 0 Å². The number of terminal acetylenes is 1. The van der Waals surface area contributed by atoms with E-state index in [0.29, 0.717) is 5.82 Å². The van der Waals surface area contributed by atoms with Gasteiger partial charge >= 0.3 is 0 Å². The fourth-order valence-corrected chi connectivity index (χ4v) is 0.665. The molecule has 0 amide bonds. The lowest BCUT2D eigenvalue weighted by Gasteiger charge is -1.70. The maximum Gasteiger partial charge on any atom is 0.183 e. The summed E-state index contributed by atoms with van der Waals surface area (Å²) in [5, 5.41) is 0. The van der Waals surface area contributed by atoms with Crippen LogP contribution < -0.4 is 0 Å². The smallest absolute Gasteiger partial charge is 0.183 e. The lowest BCUT2D eigenvalue weighted by atomic mass is 10.7. The predicted molar refractivity (Wildman–Crippen MR) is 34.2 cm³/mol. The Morgan fingerprint density at radius 1 is 1.88 bits per heavy atom. The van der Waals surface area contributed by atoms with Crippen LogP contribution in [0.4, 0.5) is 0 Å². The predicted octanol–water partition coefficient (Wildman–Crippen LogP) is 1.15. The Balaban J connectivity index is 3.05. The van der Waals surface area contributed by atoms with E-state index >= 15 is 0 Å². The topological polar surface area (TPSA) is 28.7 Å². The van der Waals surface area contributed by atoms with Crippen molar-refractivity contribution in [1.29, 1.82) is 0 Å². The quantitative estimate of drug-likeness (QED) is 0.582. The molecule has 1 heterocycles. The van der Waals surface area contributed by atoms with Crippen LogP contribution in [-0.4, -0.2) is 9.97 Å². The van der Waals surface area contributed by atoms with E-state index in [0.717, 1.165) is 4.60 Å². The van der Waals surface area contributed by atoms with Crippen LogP contribution >= 0.6 is 15.9 Å². The van der Waals surface area contributed by atoms with Crippen LogP contribution in [0.2, 0.25) is 0 Å². The largest absolute Gasteiger partial charge is 0.337 e. The van der Waals surface area contributed by atoms with Gasteiger partial charge in [-0.1, -0.05) is 0 Å². The molecule has 3 heteroatoms. The first-order valence-electron chi connectivity index (χ1n) is 2.00. The van der Waals surface area contributed by atoms with E-state index in [9.17, 15) is 0 Å². The number of aromatic amines is 1. The maximum absolute atomic E-state index is 5.00. The zero-order chi connectivity index (χ0) is 5.98. The molecule has 2 nitrogen and oxygen atoms in total. The van der Waals surface area contributed by atoms with Gasteiger partial charge in [-0.3, -0.25) is 0 Å². The van der Waals surface area contributed by atoms with Gasteiger partial charge in [0.05, 0.1) is 0 Å². The van der Waals surface area contributed by atoms with Crippen LogP contribution in [0.1, 0.15) is 5.82 Å². The van der Waals surface area contributed by atoms with E-state index in [1.165, 1.54) is 0 Å². The van der Waals surface area contributed by atoms with Crippen molar-refractivity contribution < 1.29 is 0 Å². The molecule has 0 saturated heterocycles. The monoisotopic (exact) mass is 170 g/mol. The molecule has 0 aromatic carbocycles. The summed E-state index contributed by atoms with van der Waals surface area (Å²) in [6.07, 6.45) is 6.69. The summed E-state index contributed by atoms with van der Waals surface area (Å²) >= 11 is 3.14. The summed E-state index contributed by atoms with van der Waals surface area (Å²) in [4.78, 5) is 6.62. The lowest BCUT2D eigenvalue weighted by molar-refractivity contribution is 1.24. The molecule has 1 aromatic rings. The third-order valence-corrected chi connectivity index (χ3v) is 1.09. The number of hydrogen-bond acceptors (Lipinski definition) is 1. The number of imidazole rings is 1. The summed E-state index contributed by atoms with van der Waals surface area (Å²) < 4.78 is 0.741. The van der Waals surface area contributed by atoms with E-state index in [4.69, 9.17) is 6.42 Å². The van der Waals surface area contributed by atoms with Crippen molar-refractivity contribution >= 4 is 15.9 Å². The van der Waals surface area contributed by atoms with Gasteiger partial charge in [-0.2, -0.15) is 0 Å². The highest BCUT2D eigenvalue weighted by atomic mass is 79.9. The van der Waals surface area contributed by atoms with Gasteiger partial charge in [0.25, 0.3) is 0 Å². The first-order valence-corrected chi connectivity index (χ1v) is 2.80. The minimum atomic E-state index is 0.553. The Bertz CT molecular complexity index is 221. The second kappa shape index (κ2) is 2.01. The van der Waals surface area contributed by atoms with Crippen LogP contribution in [0.5, 0.6) is 0 Å². The first-order chi connectivity index (χ1) is 3.83. The van der Waals surface area contributed by atoms with Gasteiger partial charge in [-0.05, 0) is 21.9 Å². The first kappa shape index (κ1) is 5.39. The molecule has 8 heavy (non-hydrogen) atoms. The number of hydrogen-bond donors (Lipinski definition) is 1. The summed E-state index contributed by atoms with van der Waals surface area (Å²) in [5.74, 6) is 2.90. The number of rotatable bonds is 0. The number of nitrogens with one attached hydrogen (secondary N) is 1. The van der Waals surface area contributed by atoms with Gasteiger partial charge in [0.2, 0.25) is 0 Å². The molecule has 0 fully saturated rings. The molecular formula is C5H3BrN2. The Morgan fingerprint density at radius 2 is 2.62 bits per heavy atom. The molecule has 0 unspecified atom stereocenters. The standard InChI is InChI=1S/C5H3BrN2/c1-2-5-7-3-4(6)8-5/h1,3H,(H,7,8). The third-order valence-electron chi connectivity index (χ3n) is 0.683.